The van der Waals surface area contributed by atoms with Crippen molar-refractivity contribution >= 4 is 5.91 Å². The molecule has 0 spiro atoms. The van der Waals surface area contributed by atoms with Gasteiger partial charge in [-0.15, -0.1) is 0 Å². The average Bonchev–Trinajstić information content (AvgIpc) is 3.33. The maximum absolute atomic E-state index is 15.8. The number of hydrogen-bond donors (Lipinski definition) is 3. The number of carbonyl (C=O) groups is 1. The topological polar surface area (TPSA) is 116 Å². The predicted molar refractivity (Wildman–Crippen MR) is 133 cm³/mol. The van der Waals surface area contributed by atoms with Crippen LogP contribution in [0.3, 0.4) is 0 Å². The molecule has 3 N–H and O–H groups in total. The molecule has 1 aliphatic heterocycles. The van der Waals surface area contributed by atoms with E-state index in [0.717, 1.165) is 0 Å². The number of fused-ring (bicyclic) bond motifs is 3. The first-order valence-corrected chi connectivity index (χ1v) is 11.9. The van der Waals surface area contributed by atoms with E-state index < -0.39 is 40.9 Å². The highest BCUT2D eigenvalue weighted by atomic mass is 19.1. The first-order chi connectivity index (χ1) is 18.3. The molecule has 0 radical (unpaired) electrons. The van der Waals surface area contributed by atoms with E-state index >= 15 is 4.39 Å². The van der Waals surface area contributed by atoms with Crippen LogP contribution in [-0.4, -0.2) is 50.7 Å². The summed E-state index contributed by atoms with van der Waals surface area (Å²) in [5.74, 6) is -3.84. The van der Waals surface area contributed by atoms with Crippen LogP contribution in [0.4, 0.5) is 4.39 Å². The smallest absolute Gasteiger partial charge is 0.250 e. The van der Waals surface area contributed by atoms with Crippen LogP contribution in [0.2, 0.25) is 0 Å². The van der Waals surface area contributed by atoms with Gasteiger partial charge >= 0.3 is 0 Å². The number of ether oxygens (including phenoxy) is 4. The fourth-order valence-corrected chi connectivity index (χ4v) is 6.01. The number of hydrogen-bond acceptors (Lipinski definition) is 8. The van der Waals surface area contributed by atoms with E-state index in [1.165, 1.54) is 34.5 Å². The Kier molecular flexibility index (Phi) is 6.42. The van der Waals surface area contributed by atoms with Gasteiger partial charge in [-0.1, -0.05) is 42.5 Å². The van der Waals surface area contributed by atoms with Gasteiger partial charge in [-0.25, -0.2) is 5.48 Å². The molecule has 1 fully saturated rings. The monoisotopic (exact) mass is 525 g/mol. The van der Waals surface area contributed by atoms with E-state index in [9.17, 15) is 15.0 Å². The highest BCUT2D eigenvalue weighted by molar-refractivity contribution is 5.82. The lowest BCUT2D eigenvalue weighted by Crippen LogP contribution is -2.52. The first-order valence-electron chi connectivity index (χ1n) is 11.9. The summed E-state index contributed by atoms with van der Waals surface area (Å²) < 4.78 is 38.3. The normalized spacial score (nSPS) is 27.2. The predicted octanol–water partition coefficient (Wildman–Crippen LogP) is 2.78. The number of methoxy groups -OCH3 is 3. The number of halogens is 1. The zero-order chi connectivity index (χ0) is 27.2. The number of aliphatic hydroxyl groups is 2. The number of carbonyl (C=O) groups excluding carboxylic acids is 1. The summed E-state index contributed by atoms with van der Waals surface area (Å²) >= 11 is 0. The molecule has 38 heavy (non-hydrogen) atoms. The first kappa shape index (κ1) is 25.8. The summed E-state index contributed by atoms with van der Waals surface area (Å²) in [6.45, 7) is 0. The zero-order valence-electron chi connectivity index (χ0n) is 21.2. The second kappa shape index (κ2) is 9.46. The highest BCUT2D eigenvalue weighted by Crippen LogP contribution is 2.70. The molecular formula is C28H28FNO8. The molecule has 1 heterocycles. The van der Waals surface area contributed by atoms with E-state index in [0.29, 0.717) is 16.9 Å². The molecule has 0 saturated heterocycles. The van der Waals surface area contributed by atoms with Crippen molar-refractivity contribution in [1.82, 2.24) is 5.48 Å². The molecule has 5 atom stereocenters. The second-order valence-electron chi connectivity index (χ2n) is 9.16. The fraction of sp³-hybridized carbons (Fsp3) is 0.321. The van der Waals surface area contributed by atoms with Gasteiger partial charge in [0.25, 0.3) is 0 Å². The summed E-state index contributed by atoms with van der Waals surface area (Å²) in [4.78, 5) is 18.3. The summed E-state index contributed by atoms with van der Waals surface area (Å²) in [6, 6.07) is 16.7. The lowest BCUT2D eigenvalue weighted by Gasteiger charge is -2.40. The molecule has 1 saturated carbocycles. The molecule has 2 aliphatic rings. The average molecular weight is 526 g/mol. The standard InChI is InChI=1S/C28H28FNO8/c1-34-17-12-10-16(11-13-17)28-21(15-8-6-5-7-9-15)20(26(32)30-37-4)25(31)27(28,33)22-18(35-2)14-19(36-3)23(29)24(22)38-28/h5-14,20-21,25,31,33H,1-4H3,(H,30,32)/t20-,21-,25-,27+,28+/m1/s1. The summed E-state index contributed by atoms with van der Waals surface area (Å²) in [5.41, 5.74) is -1.16. The molecule has 0 aromatic heterocycles. The Morgan fingerprint density at radius 2 is 1.63 bits per heavy atom. The molecule has 10 heteroatoms. The van der Waals surface area contributed by atoms with Gasteiger partial charge in [-0.2, -0.15) is 4.39 Å². The number of hydroxylamine groups is 1. The Labute approximate surface area is 218 Å². The second-order valence-corrected chi connectivity index (χ2v) is 9.16. The molecule has 5 rings (SSSR count). The van der Waals surface area contributed by atoms with E-state index in [-0.39, 0.29) is 22.8 Å². The number of amides is 1. The van der Waals surface area contributed by atoms with Crippen LogP contribution >= 0.6 is 0 Å². The van der Waals surface area contributed by atoms with Crippen LogP contribution in [0.15, 0.2) is 60.7 Å². The molecule has 200 valence electrons. The summed E-state index contributed by atoms with van der Waals surface area (Å²) in [7, 11) is 5.41. The highest BCUT2D eigenvalue weighted by Gasteiger charge is 2.78. The van der Waals surface area contributed by atoms with Crippen LogP contribution in [-0.2, 0) is 20.8 Å². The van der Waals surface area contributed by atoms with E-state index in [2.05, 4.69) is 5.48 Å². The lowest BCUT2D eigenvalue weighted by atomic mass is 9.70. The van der Waals surface area contributed by atoms with E-state index in [1.807, 2.05) is 0 Å². The Morgan fingerprint density at radius 1 is 0.974 bits per heavy atom. The molecule has 0 bridgehead atoms. The summed E-state index contributed by atoms with van der Waals surface area (Å²) in [6.07, 6.45) is -1.78. The molecular weight excluding hydrogens is 497 g/mol. The minimum atomic E-state index is -2.36. The van der Waals surface area contributed by atoms with Gasteiger partial charge in [-0.05, 0) is 23.3 Å². The van der Waals surface area contributed by atoms with Crippen molar-refractivity contribution in [1.29, 1.82) is 0 Å². The minimum Gasteiger partial charge on any atom is -0.497 e. The number of nitrogens with one attached hydrogen (secondary N) is 1. The van der Waals surface area contributed by atoms with Crippen LogP contribution in [0.25, 0.3) is 0 Å². The Balaban J connectivity index is 1.90. The van der Waals surface area contributed by atoms with Crippen LogP contribution < -0.4 is 24.4 Å². The molecule has 3 aromatic rings. The molecule has 1 aliphatic carbocycles. The lowest BCUT2D eigenvalue weighted by molar-refractivity contribution is -0.157. The van der Waals surface area contributed by atoms with E-state index in [1.54, 1.807) is 54.6 Å². The minimum absolute atomic E-state index is 0.0230. The van der Waals surface area contributed by atoms with Gasteiger partial charge in [-0.3, -0.25) is 9.63 Å². The van der Waals surface area contributed by atoms with Crippen molar-refractivity contribution in [2.24, 2.45) is 5.92 Å². The Hall–Kier alpha value is -3.86. The molecule has 3 aromatic carbocycles. The van der Waals surface area contributed by atoms with Gasteiger partial charge in [0, 0.05) is 12.0 Å². The van der Waals surface area contributed by atoms with Crippen LogP contribution in [0.5, 0.6) is 23.0 Å². The van der Waals surface area contributed by atoms with Gasteiger partial charge in [0.15, 0.2) is 22.7 Å². The molecule has 0 unspecified atom stereocenters. The van der Waals surface area contributed by atoms with Crippen LogP contribution in [0, 0.1) is 11.7 Å². The number of aliphatic hydroxyl groups excluding tert-OH is 1. The Morgan fingerprint density at radius 3 is 2.21 bits per heavy atom. The van der Waals surface area contributed by atoms with Gasteiger partial charge in [0.2, 0.25) is 11.7 Å². The Bertz CT molecular complexity index is 1350. The molecule has 1 amide bonds. The largest absolute Gasteiger partial charge is 0.497 e. The fourth-order valence-electron chi connectivity index (χ4n) is 6.01. The van der Waals surface area contributed by atoms with Crippen LogP contribution in [0.1, 0.15) is 22.6 Å². The zero-order valence-corrected chi connectivity index (χ0v) is 21.2. The van der Waals surface area contributed by atoms with Crippen molar-refractivity contribution < 1.29 is 43.2 Å². The third kappa shape index (κ3) is 3.30. The quantitative estimate of drug-likeness (QED) is 0.404. The van der Waals surface area contributed by atoms with Crippen molar-refractivity contribution in [3.05, 3.63) is 83.2 Å². The van der Waals surface area contributed by atoms with Crippen molar-refractivity contribution in [2.45, 2.75) is 23.2 Å². The third-order valence-corrected chi connectivity index (χ3v) is 7.55. The van der Waals surface area contributed by atoms with Crippen molar-refractivity contribution in [3.63, 3.8) is 0 Å². The summed E-state index contributed by atoms with van der Waals surface area (Å²) in [5, 5.41) is 24.6. The maximum Gasteiger partial charge on any atom is 0.250 e. The van der Waals surface area contributed by atoms with Gasteiger partial charge in [0.05, 0.1) is 39.9 Å². The SMILES string of the molecule is CONC(=O)[C@H]1[C@@H](O)[C@@]2(O)c3c(OC)cc(OC)c(F)c3O[C@@]2(c2ccc(OC)cc2)[C@@H]1c1ccccc1. The van der Waals surface area contributed by atoms with Gasteiger partial charge < -0.3 is 29.2 Å². The van der Waals surface area contributed by atoms with Crippen molar-refractivity contribution in [3.8, 4) is 23.0 Å². The van der Waals surface area contributed by atoms with E-state index in [4.69, 9.17) is 23.8 Å². The number of benzene rings is 3. The van der Waals surface area contributed by atoms with Crippen molar-refractivity contribution in [2.75, 3.05) is 28.4 Å². The molecule has 9 nitrogen and oxygen atoms in total. The van der Waals surface area contributed by atoms with Gasteiger partial charge in [0.1, 0.15) is 17.6 Å². The third-order valence-electron chi connectivity index (χ3n) is 7.55. The number of rotatable bonds is 7. The maximum atomic E-state index is 15.8.